The van der Waals surface area contributed by atoms with Crippen LogP contribution in [0.2, 0.25) is 0 Å². The van der Waals surface area contributed by atoms with E-state index in [9.17, 15) is 4.79 Å². The van der Waals surface area contributed by atoms with Gasteiger partial charge in [-0.2, -0.15) is 0 Å². The zero-order valence-corrected chi connectivity index (χ0v) is 12.7. The third-order valence-electron chi connectivity index (χ3n) is 2.73. The van der Waals surface area contributed by atoms with Crippen LogP contribution in [0.5, 0.6) is 0 Å². The zero-order valence-electron chi connectivity index (χ0n) is 10.3. The van der Waals surface area contributed by atoms with Crippen LogP contribution in [0, 0.1) is 6.92 Å². The van der Waals surface area contributed by atoms with E-state index < -0.39 is 0 Å². The Bertz CT molecular complexity index is 547. The molecule has 2 aromatic rings. The van der Waals surface area contributed by atoms with Crippen molar-refractivity contribution in [2.45, 2.75) is 6.92 Å². The maximum absolute atomic E-state index is 12.1. The van der Waals surface area contributed by atoms with Crippen LogP contribution < -0.4 is 4.90 Å². The molecule has 0 saturated heterocycles. The van der Waals surface area contributed by atoms with Crippen molar-refractivity contribution in [2.24, 2.45) is 0 Å². The molecule has 1 aromatic heterocycles. The normalized spacial score (nSPS) is 10.4. The number of hydrogen-bond donors (Lipinski definition) is 0. The molecule has 0 saturated carbocycles. The van der Waals surface area contributed by atoms with E-state index >= 15 is 0 Å². The van der Waals surface area contributed by atoms with Crippen molar-refractivity contribution in [1.82, 2.24) is 0 Å². The van der Waals surface area contributed by atoms with Gasteiger partial charge in [-0.05, 0) is 46.4 Å². The number of ketones is 1. The van der Waals surface area contributed by atoms with Gasteiger partial charge < -0.3 is 4.90 Å². The lowest BCUT2D eigenvalue weighted by molar-refractivity contribution is 0.100. The minimum absolute atomic E-state index is 0.139. The highest BCUT2D eigenvalue weighted by molar-refractivity contribution is 9.10. The summed E-state index contributed by atoms with van der Waals surface area (Å²) in [5.74, 6) is 0.139. The molecule has 0 atom stereocenters. The first-order valence-corrected chi connectivity index (χ1v) is 7.29. The molecule has 0 aliphatic rings. The SMILES string of the molecule is Cc1ccc(N(C)CC(=O)c2sccc2Br)cc1. The molecule has 2 nitrogen and oxygen atoms in total. The molecule has 0 spiro atoms. The lowest BCUT2D eigenvalue weighted by atomic mass is 10.2. The largest absolute Gasteiger partial charge is 0.367 e. The van der Waals surface area contributed by atoms with E-state index in [4.69, 9.17) is 0 Å². The van der Waals surface area contributed by atoms with E-state index in [2.05, 4.69) is 35.0 Å². The quantitative estimate of drug-likeness (QED) is 0.788. The molecule has 0 radical (unpaired) electrons. The second-order valence-corrected chi connectivity index (χ2v) is 5.98. The lowest BCUT2D eigenvalue weighted by Crippen LogP contribution is -2.25. The van der Waals surface area contributed by atoms with Crippen LogP contribution >= 0.6 is 27.3 Å². The van der Waals surface area contributed by atoms with Crippen LogP contribution in [0.3, 0.4) is 0 Å². The number of hydrogen-bond acceptors (Lipinski definition) is 3. The Morgan fingerprint density at radius 3 is 2.50 bits per heavy atom. The molecule has 1 heterocycles. The average molecular weight is 324 g/mol. The standard InChI is InChI=1S/C14H14BrNOS/c1-10-3-5-11(6-4-10)16(2)9-13(17)14-12(15)7-8-18-14/h3-8H,9H2,1-2H3. The van der Waals surface area contributed by atoms with Gasteiger partial charge in [-0.25, -0.2) is 0 Å². The molecule has 0 aliphatic carbocycles. The number of Topliss-reactive ketones (excluding diaryl/α,β-unsaturated/α-hetero) is 1. The van der Waals surface area contributed by atoms with Gasteiger partial charge >= 0.3 is 0 Å². The van der Waals surface area contributed by atoms with E-state index in [-0.39, 0.29) is 5.78 Å². The van der Waals surface area contributed by atoms with Gasteiger partial charge in [0.1, 0.15) is 0 Å². The molecular formula is C14H14BrNOS. The van der Waals surface area contributed by atoms with Crippen molar-refractivity contribution in [1.29, 1.82) is 0 Å². The Kier molecular flexibility index (Phi) is 4.19. The summed E-state index contributed by atoms with van der Waals surface area (Å²) in [7, 11) is 1.93. The maximum Gasteiger partial charge on any atom is 0.193 e. The third kappa shape index (κ3) is 3.00. The van der Waals surface area contributed by atoms with Gasteiger partial charge in [-0.3, -0.25) is 4.79 Å². The number of carbonyl (C=O) groups excluding carboxylic acids is 1. The number of benzene rings is 1. The molecule has 0 aliphatic heterocycles. The van der Waals surface area contributed by atoms with Crippen LogP contribution in [-0.2, 0) is 0 Å². The van der Waals surface area contributed by atoms with Crippen molar-refractivity contribution >= 4 is 38.7 Å². The van der Waals surface area contributed by atoms with Crippen molar-refractivity contribution in [3.05, 3.63) is 50.6 Å². The van der Waals surface area contributed by atoms with E-state index in [0.29, 0.717) is 6.54 Å². The fourth-order valence-corrected chi connectivity index (χ4v) is 3.20. The molecule has 0 unspecified atom stereocenters. The average Bonchev–Trinajstić information content (AvgIpc) is 2.76. The van der Waals surface area contributed by atoms with Crippen LogP contribution in [0.4, 0.5) is 5.69 Å². The Morgan fingerprint density at radius 1 is 1.28 bits per heavy atom. The molecule has 2 rings (SSSR count). The highest BCUT2D eigenvalue weighted by atomic mass is 79.9. The Labute approximate surface area is 119 Å². The predicted octanol–water partition coefficient (Wildman–Crippen LogP) is 4.14. The van der Waals surface area contributed by atoms with Crippen LogP contribution in [-0.4, -0.2) is 19.4 Å². The molecule has 94 valence electrons. The molecule has 0 amide bonds. The summed E-state index contributed by atoms with van der Waals surface area (Å²) >= 11 is 4.87. The Balaban J connectivity index is 2.08. The van der Waals surface area contributed by atoms with Gasteiger partial charge in [-0.1, -0.05) is 17.7 Å². The van der Waals surface area contributed by atoms with Gasteiger partial charge in [0.25, 0.3) is 0 Å². The zero-order chi connectivity index (χ0) is 13.1. The smallest absolute Gasteiger partial charge is 0.193 e. The third-order valence-corrected chi connectivity index (χ3v) is 4.60. The summed E-state index contributed by atoms with van der Waals surface area (Å²) in [5.41, 5.74) is 2.28. The van der Waals surface area contributed by atoms with Crippen molar-refractivity contribution in [3.8, 4) is 0 Å². The molecule has 4 heteroatoms. The Hall–Kier alpha value is -1.13. The number of carbonyl (C=O) groups is 1. The second kappa shape index (κ2) is 5.67. The lowest BCUT2D eigenvalue weighted by Gasteiger charge is -2.18. The van der Waals surface area contributed by atoms with Crippen molar-refractivity contribution in [3.63, 3.8) is 0 Å². The number of aryl methyl sites for hydroxylation is 1. The summed E-state index contributed by atoms with van der Waals surface area (Å²) in [6, 6.07) is 10.1. The van der Waals surface area contributed by atoms with E-state index in [1.165, 1.54) is 16.9 Å². The van der Waals surface area contributed by atoms with Gasteiger partial charge in [0.2, 0.25) is 0 Å². The summed E-state index contributed by atoms with van der Waals surface area (Å²) in [6.07, 6.45) is 0. The van der Waals surface area contributed by atoms with Gasteiger partial charge in [0.15, 0.2) is 5.78 Å². The van der Waals surface area contributed by atoms with Crippen LogP contribution in [0.1, 0.15) is 15.2 Å². The summed E-state index contributed by atoms with van der Waals surface area (Å²) in [4.78, 5) is 14.9. The van der Waals surface area contributed by atoms with Crippen molar-refractivity contribution in [2.75, 3.05) is 18.5 Å². The Morgan fingerprint density at radius 2 is 1.94 bits per heavy atom. The topological polar surface area (TPSA) is 20.3 Å². The van der Waals surface area contributed by atoms with Gasteiger partial charge in [0.05, 0.1) is 11.4 Å². The van der Waals surface area contributed by atoms with E-state index in [0.717, 1.165) is 15.0 Å². The number of likely N-dealkylation sites (N-methyl/N-ethyl adjacent to an activating group) is 1. The first-order chi connectivity index (χ1) is 8.58. The summed E-state index contributed by atoms with van der Waals surface area (Å²) in [5, 5.41) is 1.92. The van der Waals surface area contributed by atoms with Crippen LogP contribution in [0.15, 0.2) is 40.2 Å². The summed E-state index contributed by atoms with van der Waals surface area (Å²) in [6.45, 7) is 2.44. The number of halogens is 1. The monoisotopic (exact) mass is 323 g/mol. The van der Waals surface area contributed by atoms with Gasteiger partial charge in [0, 0.05) is 17.2 Å². The second-order valence-electron chi connectivity index (χ2n) is 4.21. The first-order valence-electron chi connectivity index (χ1n) is 5.62. The van der Waals surface area contributed by atoms with E-state index in [1.54, 1.807) is 0 Å². The molecule has 0 bridgehead atoms. The first kappa shape index (κ1) is 13.3. The molecular weight excluding hydrogens is 310 g/mol. The predicted molar refractivity (Wildman–Crippen MR) is 80.8 cm³/mol. The highest BCUT2D eigenvalue weighted by Gasteiger charge is 2.14. The number of nitrogens with zero attached hydrogens (tertiary/aromatic N) is 1. The molecule has 1 aromatic carbocycles. The minimum atomic E-state index is 0.139. The number of anilines is 1. The fraction of sp³-hybridized carbons (Fsp3) is 0.214. The van der Waals surface area contributed by atoms with E-state index in [1.807, 2.05) is 35.5 Å². The minimum Gasteiger partial charge on any atom is -0.367 e. The van der Waals surface area contributed by atoms with Crippen LogP contribution in [0.25, 0.3) is 0 Å². The van der Waals surface area contributed by atoms with Gasteiger partial charge in [-0.15, -0.1) is 11.3 Å². The molecule has 0 N–H and O–H groups in total. The molecule has 0 fully saturated rings. The number of rotatable bonds is 4. The fourth-order valence-electron chi connectivity index (χ4n) is 1.67. The number of thiophene rings is 1. The molecule has 18 heavy (non-hydrogen) atoms. The highest BCUT2D eigenvalue weighted by Crippen LogP contribution is 2.24. The summed E-state index contributed by atoms with van der Waals surface area (Å²) < 4.78 is 0.884. The maximum atomic E-state index is 12.1. The van der Waals surface area contributed by atoms with Crippen molar-refractivity contribution < 1.29 is 4.79 Å².